The number of likely N-dealkylation sites (tertiary alicyclic amines) is 1. The molecule has 11 atom stereocenters. The van der Waals surface area contributed by atoms with Crippen LogP contribution in [-0.4, -0.2) is 90.9 Å². The molecule has 1 aliphatic carbocycles. The number of carbonyl (C=O) groups is 2. The summed E-state index contributed by atoms with van der Waals surface area (Å²) in [6.07, 6.45) is -0.450. The number of halogens is 3. The van der Waals surface area contributed by atoms with Crippen LogP contribution in [0.1, 0.15) is 26.2 Å². The van der Waals surface area contributed by atoms with E-state index in [-0.39, 0.29) is 58.0 Å². The molecule has 12 heteroatoms. The number of methoxy groups -OCH3 is 1. The number of amides is 2. The van der Waals surface area contributed by atoms with E-state index in [0.717, 1.165) is 12.8 Å². The van der Waals surface area contributed by atoms with Crippen LogP contribution in [0.25, 0.3) is 0 Å². The van der Waals surface area contributed by atoms with E-state index >= 15 is 0 Å². The number of hydrogen-bond donors (Lipinski definition) is 4. The maximum absolute atomic E-state index is 13.5. The van der Waals surface area contributed by atoms with Crippen LogP contribution in [0.2, 0.25) is 0 Å². The van der Waals surface area contributed by atoms with Crippen molar-refractivity contribution in [2.24, 2.45) is 29.6 Å². The summed E-state index contributed by atoms with van der Waals surface area (Å²) in [5.41, 5.74) is -0.347. The van der Waals surface area contributed by atoms with Gasteiger partial charge in [0, 0.05) is 62.5 Å². The molecular weight excluding hydrogens is 500 g/mol. The van der Waals surface area contributed by atoms with Crippen LogP contribution in [0.5, 0.6) is 0 Å². The number of alkyl halides is 3. The first kappa shape index (κ1) is 25.9. The van der Waals surface area contributed by atoms with Crippen molar-refractivity contribution in [3.8, 4) is 0 Å². The lowest BCUT2D eigenvalue weighted by molar-refractivity contribution is -0.133. The molecule has 0 radical (unpaired) electrons. The van der Waals surface area contributed by atoms with Crippen LogP contribution in [0.15, 0.2) is 0 Å². The first-order valence-corrected chi connectivity index (χ1v) is 14.1. The largest absolute Gasteiger partial charge is 0.380 e. The van der Waals surface area contributed by atoms with Gasteiger partial charge in [-0.2, -0.15) is 0 Å². The zero-order valence-corrected chi connectivity index (χ0v) is 21.7. The minimum absolute atomic E-state index is 0.0181. The third-order valence-corrected chi connectivity index (χ3v) is 10.2. The lowest BCUT2D eigenvalue weighted by Gasteiger charge is -2.45. The highest BCUT2D eigenvalue weighted by Gasteiger charge is 2.53. The van der Waals surface area contributed by atoms with Crippen molar-refractivity contribution < 1.29 is 23.1 Å². The van der Waals surface area contributed by atoms with E-state index in [4.69, 9.17) is 16.3 Å². The number of piperidine rings is 2. The Hall–Kier alpha value is -0.720. The topological polar surface area (TPSA) is 94.7 Å². The Balaban J connectivity index is 1.16. The molecule has 5 rings (SSSR count). The van der Waals surface area contributed by atoms with Gasteiger partial charge in [0.2, 0.25) is 18.2 Å². The molecule has 35 heavy (non-hydrogen) atoms. The lowest BCUT2D eigenvalue weighted by Crippen LogP contribution is -2.57. The highest BCUT2D eigenvalue weighted by Crippen LogP contribution is 2.45. The molecule has 5 aliphatic rings. The van der Waals surface area contributed by atoms with Gasteiger partial charge in [0.25, 0.3) is 0 Å². The van der Waals surface area contributed by atoms with Gasteiger partial charge in [0.1, 0.15) is 5.50 Å². The van der Waals surface area contributed by atoms with Gasteiger partial charge >= 0.3 is 0 Å². The molecular formula is C23H36ClF2N5O3S. The number of nitrogens with zero attached hydrogens (tertiary/aromatic N) is 1. The van der Waals surface area contributed by atoms with Crippen molar-refractivity contribution in [1.82, 2.24) is 26.2 Å². The first-order valence-electron chi connectivity index (χ1n) is 12.7. The van der Waals surface area contributed by atoms with E-state index in [0.29, 0.717) is 38.6 Å². The van der Waals surface area contributed by atoms with Crippen LogP contribution < -0.4 is 21.3 Å². The Kier molecular flexibility index (Phi) is 7.82. The van der Waals surface area contributed by atoms with Crippen molar-refractivity contribution in [2.45, 2.75) is 67.0 Å². The fourth-order valence-electron chi connectivity index (χ4n) is 6.46. The van der Waals surface area contributed by atoms with Crippen LogP contribution >= 0.6 is 23.4 Å². The van der Waals surface area contributed by atoms with Gasteiger partial charge in [0.15, 0.2) is 0 Å². The van der Waals surface area contributed by atoms with E-state index in [1.807, 2.05) is 0 Å². The Morgan fingerprint density at radius 1 is 1.11 bits per heavy atom. The lowest BCUT2D eigenvalue weighted by atomic mass is 9.70. The van der Waals surface area contributed by atoms with Crippen molar-refractivity contribution >= 4 is 35.2 Å². The summed E-state index contributed by atoms with van der Waals surface area (Å²) >= 11 is 8.04. The minimum Gasteiger partial charge on any atom is -0.380 e. The summed E-state index contributed by atoms with van der Waals surface area (Å²) in [5.74, 6) is -1.24. The van der Waals surface area contributed by atoms with Gasteiger partial charge in [-0.15, -0.1) is 23.4 Å². The number of fused-ring (bicyclic) bond motifs is 1. The Bertz CT molecular complexity index is 801. The molecule has 0 spiro atoms. The summed E-state index contributed by atoms with van der Waals surface area (Å²) in [7, 11) is 1.72. The second kappa shape index (κ2) is 10.6. The summed E-state index contributed by atoms with van der Waals surface area (Å²) in [6.45, 7) is 4.48. The maximum atomic E-state index is 13.5. The zero-order valence-electron chi connectivity index (χ0n) is 20.1. The molecule has 9 unspecified atom stereocenters. The molecule has 0 aromatic rings. The molecule has 0 aromatic carbocycles. The Morgan fingerprint density at radius 2 is 1.91 bits per heavy atom. The number of nitrogens with one attached hydrogen (secondary N) is 4. The first-order chi connectivity index (χ1) is 16.7. The number of rotatable bonds is 6. The molecule has 5 fully saturated rings. The van der Waals surface area contributed by atoms with Gasteiger partial charge in [-0.3, -0.25) is 20.2 Å². The highest BCUT2D eigenvalue weighted by atomic mass is 35.5. The normalized spacial score (nSPS) is 45.4. The summed E-state index contributed by atoms with van der Waals surface area (Å²) < 4.78 is 31.5. The van der Waals surface area contributed by atoms with E-state index in [9.17, 15) is 18.4 Å². The Morgan fingerprint density at radius 3 is 2.60 bits per heavy atom. The van der Waals surface area contributed by atoms with E-state index < -0.39 is 18.3 Å². The van der Waals surface area contributed by atoms with Gasteiger partial charge < -0.3 is 20.3 Å². The molecule has 1 saturated carbocycles. The second-order valence-electron chi connectivity index (χ2n) is 10.8. The molecule has 0 bridgehead atoms. The molecule has 4 saturated heterocycles. The van der Waals surface area contributed by atoms with Gasteiger partial charge in [-0.1, -0.05) is 0 Å². The molecule has 198 valence electrons. The summed E-state index contributed by atoms with van der Waals surface area (Å²) in [6, 6.07) is 0.376. The summed E-state index contributed by atoms with van der Waals surface area (Å²) in [4.78, 5) is 27.7. The van der Waals surface area contributed by atoms with Crippen LogP contribution in [0, 0.1) is 29.6 Å². The average Bonchev–Trinajstić information content (AvgIpc) is 3.41. The van der Waals surface area contributed by atoms with Crippen LogP contribution in [0.3, 0.4) is 0 Å². The smallest absolute Gasteiger partial charge is 0.242 e. The fraction of sp³-hybridized carbons (Fsp3) is 0.913. The number of hydrogen-bond acceptors (Lipinski definition) is 7. The zero-order chi connectivity index (χ0) is 24.9. The van der Waals surface area contributed by atoms with Crippen LogP contribution in [-0.2, 0) is 14.3 Å². The predicted molar refractivity (Wildman–Crippen MR) is 130 cm³/mol. The standard InChI is InChI=1S/C23H36ClF2N5O3S/c1-10-3-11(12-5-19(24)28-7-17(12)34-2)15(6-27-10)21(32)30-23-29-16-8-31(9-18(16)35-23)22(33)14-4-13(14)20(25)26/h10-20,23,27-29H,3-9H2,1-2H3,(H,30,32)/t10?,11?,12?,13-,14-,15?,16?,17?,18?,19?,23?/m1/s1. The molecule has 0 aromatic heterocycles. The minimum atomic E-state index is -2.42. The predicted octanol–water partition coefficient (Wildman–Crippen LogP) is 1.01. The maximum Gasteiger partial charge on any atom is 0.242 e. The van der Waals surface area contributed by atoms with E-state index in [1.165, 1.54) is 0 Å². The van der Waals surface area contributed by atoms with Crippen molar-refractivity contribution in [1.29, 1.82) is 0 Å². The monoisotopic (exact) mass is 535 g/mol. The molecule has 4 aliphatic heterocycles. The van der Waals surface area contributed by atoms with Gasteiger partial charge in [-0.05, 0) is 38.0 Å². The number of carbonyl (C=O) groups excluding carboxylic acids is 2. The van der Waals surface area contributed by atoms with Crippen molar-refractivity contribution in [3.05, 3.63) is 0 Å². The fourth-order valence-corrected chi connectivity index (χ4v) is 8.16. The van der Waals surface area contributed by atoms with Crippen molar-refractivity contribution in [3.63, 3.8) is 0 Å². The second-order valence-corrected chi connectivity index (χ2v) is 12.7. The van der Waals surface area contributed by atoms with E-state index in [2.05, 4.69) is 28.2 Å². The van der Waals surface area contributed by atoms with Gasteiger partial charge in [0.05, 0.1) is 17.5 Å². The third-order valence-electron chi connectivity index (χ3n) is 8.52. The quantitative estimate of drug-likeness (QED) is 0.298. The number of thioether (sulfide) groups is 1. The molecule has 2 amide bonds. The van der Waals surface area contributed by atoms with Crippen molar-refractivity contribution in [2.75, 3.05) is 33.3 Å². The SMILES string of the molecule is COC1CNC(Cl)CC1C1CC(C)NCC1C(=O)NC1NC2CN(C(=O)[C@@H]3C[C@H]3C(F)F)CC2S1. The Labute approximate surface area is 214 Å². The highest BCUT2D eigenvalue weighted by molar-refractivity contribution is 8.00. The van der Waals surface area contributed by atoms with E-state index in [1.54, 1.807) is 23.8 Å². The summed E-state index contributed by atoms with van der Waals surface area (Å²) in [5, 5.41) is 13.5. The number of ether oxygens (including phenoxy) is 1. The molecule has 8 nitrogen and oxygen atoms in total. The molecule has 4 heterocycles. The molecule has 4 N–H and O–H groups in total. The third kappa shape index (κ3) is 5.45. The van der Waals surface area contributed by atoms with Crippen LogP contribution in [0.4, 0.5) is 8.78 Å². The van der Waals surface area contributed by atoms with Gasteiger partial charge in [-0.25, -0.2) is 8.78 Å². The average molecular weight is 536 g/mol.